The lowest BCUT2D eigenvalue weighted by molar-refractivity contribution is 0.189. The Labute approximate surface area is 121 Å². The average molecular weight is 297 g/mol. The lowest BCUT2D eigenvalue weighted by Gasteiger charge is -2.20. The lowest BCUT2D eigenvalue weighted by Crippen LogP contribution is -2.31. The molecule has 0 aromatic heterocycles. The zero-order valence-electron chi connectivity index (χ0n) is 12.0. The first-order valence-corrected chi connectivity index (χ1v) is 8.82. The molecule has 0 saturated heterocycles. The minimum Gasteiger partial charge on any atom is -0.395 e. The fourth-order valence-electron chi connectivity index (χ4n) is 2.37. The van der Waals surface area contributed by atoms with Gasteiger partial charge in [0, 0.05) is 12.6 Å². The molecule has 1 saturated carbocycles. The number of aliphatic hydroxyl groups is 1. The first-order chi connectivity index (χ1) is 9.53. The van der Waals surface area contributed by atoms with Crippen LogP contribution in [0.5, 0.6) is 0 Å². The normalized spacial score (nSPS) is 15.8. The Balaban J connectivity index is 1.87. The van der Waals surface area contributed by atoms with Crippen LogP contribution in [-0.4, -0.2) is 49.9 Å². The number of hydrogen-bond acceptors (Lipinski definition) is 4. The monoisotopic (exact) mass is 297 g/mol. The highest BCUT2D eigenvalue weighted by Gasteiger charge is 2.28. The van der Waals surface area contributed by atoms with Gasteiger partial charge in [0.2, 0.25) is 0 Å². The summed E-state index contributed by atoms with van der Waals surface area (Å²) in [4.78, 5) is 2.60. The Hall–Kier alpha value is -0.910. The van der Waals surface area contributed by atoms with Gasteiger partial charge < -0.3 is 5.11 Å². The second kappa shape index (κ2) is 6.70. The summed E-state index contributed by atoms with van der Waals surface area (Å²) in [6.45, 7) is 3.48. The molecular weight excluding hydrogens is 274 g/mol. The zero-order valence-corrected chi connectivity index (χ0v) is 12.8. The molecule has 2 rings (SSSR count). The number of nitrogens with zero attached hydrogens (tertiary/aromatic N) is 1. The van der Waals surface area contributed by atoms with Crippen LogP contribution >= 0.6 is 0 Å². The second-order valence-electron chi connectivity index (χ2n) is 5.48. The standard InChI is InChI=1S/C15H23NO3S/c1-13-3-7-15(8-4-13)20(18,19)12-2-9-16(10-11-17)14-5-6-14/h3-4,7-8,14,17H,2,5-6,9-12H2,1H3. The van der Waals surface area contributed by atoms with Crippen LogP contribution in [0.25, 0.3) is 0 Å². The molecule has 0 unspecified atom stereocenters. The van der Waals surface area contributed by atoms with E-state index in [2.05, 4.69) is 4.90 Å². The molecule has 1 aliphatic rings. The second-order valence-corrected chi connectivity index (χ2v) is 7.59. The van der Waals surface area contributed by atoms with E-state index in [0.29, 0.717) is 23.9 Å². The van der Waals surface area contributed by atoms with E-state index >= 15 is 0 Å². The van der Waals surface area contributed by atoms with Gasteiger partial charge in [-0.2, -0.15) is 0 Å². The zero-order chi connectivity index (χ0) is 14.6. The summed E-state index contributed by atoms with van der Waals surface area (Å²) in [6, 6.07) is 7.57. The highest BCUT2D eigenvalue weighted by Crippen LogP contribution is 2.26. The summed E-state index contributed by atoms with van der Waals surface area (Å²) in [7, 11) is -3.18. The fourth-order valence-corrected chi connectivity index (χ4v) is 3.66. The van der Waals surface area contributed by atoms with Crippen molar-refractivity contribution < 1.29 is 13.5 Å². The molecular formula is C15H23NO3S. The van der Waals surface area contributed by atoms with Crippen LogP contribution in [0.1, 0.15) is 24.8 Å². The van der Waals surface area contributed by atoms with Gasteiger partial charge in [-0.05, 0) is 44.9 Å². The predicted octanol–water partition coefficient (Wildman–Crippen LogP) is 1.62. The van der Waals surface area contributed by atoms with E-state index in [1.54, 1.807) is 12.1 Å². The molecule has 0 heterocycles. The van der Waals surface area contributed by atoms with Crippen molar-refractivity contribution in [2.75, 3.05) is 25.4 Å². The average Bonchev–Trinajstić information content (AvgIpc) is 3.22. The molecule has 20 heavy (non-hydrogen) atoms. The van der Waals surface area contributed by atoms with Gasteiger partial charge in [-0.25, -0.2) is 8.42 Å². The van der Waals surface area contributed by atoms with Crippen LogP contribution < -0.4 is 0 Å². The molecule has 1 aromatic carbocycles. The summed E-state index contributed by atoms with van der Waals surface area (Å²) in [5, 5.41) is 9.02. The summed E-state index contributed by atoms with van der Waals surface area (Å²) in [5.41, 5.74) is 1.06. The van der Waals surface area contributed by atoms with Crippen molar-refractivity contribution in [2.24, 2.45) is 0 Å². The SMILES string of the molecule is Cc1ccc(S(=O)(=O)CCCN(CCO)C2CC2)cc1. The molecule has 1 aromatic rings. The van der Waals surface area contributed by atoms with E-state index in [-0.39, 0.29) is 12.4 Å². The van der Waals surface area contributed by atoms with Gasteiger partial charge in [-0.3, -0.25) is 4.90 Å². The van der Waals surface area contributed by atoms with E-state index in [9.17, 15) is 8.42 Å². The number of rotatable bonds is 8. The minimum atomic E-state index is -3.18. The highest BCUT2D eigenvalue weighted by molar-refractivity contribution is 7.91. The molecule has 0 aliphatic heterocycles. The molecule has 112 valence electrons. The Kier molecular flexibility index (Phi) is 5.18. The first-order valence-electron chi connectivity index (χ1n) is 7.17. The largest absolute Gasteiger partial charge is 0.395 e. The van der Waals surface area contributed by atoms with Crippen molar-refractivity contribution in [3.05, 3.63) is 29.8 Å². The molecule has 1 N–H and O–H groups in total. The van der Waals surface area contributed by atoms with Crippen molar-refractivity contribution in [1.82, 2.24) is 4.90 Å². The van der Waals surface area contributed by atoms with Crippen molar-refractivity contribution >= 4 is 9.84 Å². The van der Waals surface area contributed by atoms with E-state index < -0.39 is 9.84 Å². The highest BCUT2D eigenvalue weighted by atomic mass is 32.2. The summed E-state index contributed by atoms with van der Waals surface area (Å²) < 4.78 is 24.4. The fraction of sp³-hybridized carbons (Fsp3) is 0.600. The maximum absolute atomic E-state index is 12.2. The van der Waals surface area contributed by atoms with Crippen molar-refractivity contribution in [1.29, 1.82) is 0 Å². The molecule has 0 spiro atoms. The number of aliphatic hydroxyl groups excluding tert-OH is 1. The number of sulfone groups is 1. The van der Waals surface area contributed by atoms with Crippen LogP contribution in [0.4, 0.5) is 0 Å². The van der Waals surface area contributed by atoms with Crippen LogP contribution in [0.3, 0.4) is 0 Å². The molecule has 5 heteroatoms. The molecule has 1 aliphatic carbocycles. The topological polar surface area (TPSA) is 57.6 Å². The number of benzene rings is 1. The molecule has 0 radical (unpaired) electrons. The van der Waals surface area contributed by atoms with E-state index in [4.69, 9.17) is 5.11 Å². The van der Waals surface area contributed by atoms with Gasteiger partial charge in [0.15, 0.2) is 9.84 Å². The van der Waals surface area contributed by atoms with Gasteiger partial charge in [-0.1, -0.05) is 17.7 Å². The van der Waals surface area contributed by atoms with Crippen molar-refractivity contribution in [3.63, 3.8) is 0 Å². The van der Waals surface area contributed by atoms with E-state index in [0.717, 1.165) is 12.1 Å². The Morgan fingerprint density at radius 1 is 1.20 bits per heavy atom. The minimum absolute atomic E-state index is 0.140. The molecule has 1 fully saturated rings. The third kappa shape index (κ3) is 4.30. The van der Waals surface area contributed by atoms with Crippen molar-refractivity contribution in [3.8, 4) is 0 Å². The Bertz CT molecular complexity index is 521. The Morgan fingerprint density at radius 3 is 2.40 bits per heavy atom. The summed E-state index contributed by atoms with van der Waals surface area (Å²) >= 11 is 0. The van der Waals surface area contributed by atoms with E-state index in [1.165, 1.54) is 12.8 Å². The van der Waals surface area contributed by atoms with Crippen LogP contribution in [0.2, 0.25) is 0 Å². The quantitative estimate of drug-likeness (QED) is 0.792. The van der Waals surface area contributed by atoms with E-state index in [1.807, 2.05) is 19.1 Å². The lowest BCUT2D eigenvalue weighted by atomic mass is 10.2. The maximum Gasteiger partial charge on any atom is 0.178 e. The third-order valence-electron chi connectivity index (χ3n) is 3.69. The number of aryl methyl sites for hydroxylation is 1. The van der Waals surface area contributed by atoms with Crippen LogP contribution in [-0.2, 0) is 9.84 Å². The van der Waals surface area contributed by atoms with Gasteiger partial charge in [-0.15, -0.1) is 0 Å². The molecule has 0 amide bonds. The molecule has 4 nitrogen and oxygen atoms in total. The molecule has 0 atom stereocenters. The predicted molar refractivity (Wildman–Crippen MR) is 79.5 cm³/mol. The van der Waals surface area contributed by atoms with Gasteiger partial charge in [0.1, 0.15) is 0 Å². The van der Waals surface area contributed by atoms with Gasteiger partial charge in [0.05, 0.1) is 17.3 Å². The number of hydrogen-bond donors (Lipinski definition) is 1. The van der Waals surface area contributed by atoms with Gasteiger partial charge in [0.25, 0.3) is 0 Å². The van der Waals surface area contributed by atoms with Crippen molar-refractivity contribution in [2.45, 2.75) is 37.1 Å². The maximum atomic E-state index is 12.2. The summed E-state index contributed by atoms with van der Waals surface area (Å²) in [6.07, 6.45) is 2.96. The summed E-state index contributed by atoms with van der Waals surface area (Å²) in [5.74, 6) is 0.171. The first kappa shape index (κ1) is 15.5. The van der Waals surface area contributed by atoms with Gasteiger partial charge >= 0.3 is 0 Å². The third-order valence-corrected chi connectivity index (χ3v) is 5.51. The van der Waals surface area contributed by atoms with Crippen LogP contribution in [0.15, 0.2) is 29.2 Å². The van der Waals surface area contributed by atoms with Crippen LogP contribution in [0, 0.1) is 6.92 Å². The smallest absolute Gasteiger partial charge is 0.178 e. The Morgan fingerprint density at radius 2 is 1.85 bits per heavy atom. The molecule has 0 bridgehead atoms.